The van der Waals surface area contributed by atoms with Gasteiger partial charge in [-0.3, -0.25) is 10.1 Å². The van der Waals surface area contributed by atoms with Crippen LogP contribution in [0, 0.1) is 10.1 Å². The Labute approximate surface area is 147 Å². The number of rotatable bonds is 5. The van der Waals surface area contributed by atoms with Crippen molar-refractivity contribution in [2.75, 3.05) is 0 Å². The molecule has 126 valence electrons. The van der Waals surface area contributed by atoms with Gasteiger partial charge in [-0.1, -0.05) is 23.7 Å². The summed E-state index contributed by atoms with van der Waals surface area (Å²) in [4.78, 5) is 26.3. The molecule has 0 amide bonds. The summed E-state index contributed by atoms with van der Waals surface area (Å²) in [5.41, 5.74) is 1.77. The molecule has 0 atom stereocenters. The number of nitrogens with zero attached hydrogens (tertiary/aromatic N) is 3. The van der Waals surface area contributed by atoms with Gasteiger partial charge in [-0.15, -0.1) is 0 Å². The Hall–Kier alpha value is -3.19. The van der Waals surface area contributed by atoms with Crippen LogP contribution in [0.3, 0.4) is 0 Å². The van der Waals surface area contributed by atoms with E-state index >= 15 is 0 Å². The van der Waals surface area contributed by atoms with Crippen LogP contribution in [0.4, 0.5) is 5.69 Å². The van der Waals surface area contributed by atoms with Gasteiger partial charge in [0.15, 0.2) is 0 Å². The summed E-state index contributed by atoms with van der Waals surface area (Å²) < 4.78 is 6.86. The van der Waals surface area contributed by atoms with E-state index in [-0.39, 0.29) is 12.3 Å². The minimum atomic E-state index is -0.568. The van der Waals surface area contributed by atoms with E-state index in [9.17, 15) is 14.9 Å². The zero-order valence-corrected chi connectivity index (χ0v) is 13.6. The molecule has 0 spiro atoms. The average molecular weight is 358 g/mol. The van der Waals surface area contributed by atoms with Gasteiger partial charge in [-0.2, -0.15) is 0 Å². The Morgan fingerprint density at radius 3 is 2.96 bits per heavy atom. The summed E-state index contributed by atoms with van der Waals surface area (Å²) >= 11 is 5.90. The lowest BCUT2D eigenvalue weighted by molar-refractivity contribution is -0.384. The minimum Gasteiger partial charge on any atom is -0.456 e. The van der Waals surface area contributed by atoms with Gasteiger partial charge < -0.3 is 9.14 Å². The van der Waals surface area contributed by atoms with Crippen molar-refractivity contribution < 1.29 is 14.5 Å². The van der Waals surface area contributed by atoms with E-state index in [1.54, 1.807) is 41.1 Å². The monoisotopic (exact) mass is 357 g/mol. The molecule has 0 saturated heterocycles. The second kappa shape index (κ2) is 7.14. The molecule has 7 nitrogen and oxygen atoms in total. The number of nitro groups is 1. The minimum absolute atomic E-state index is 0.0113. The average Bonchev–Trinajstić information content (AvgIpc) is 3.00. The van der Waals surface area contributed by atoms with Crippen LogP contribution in [0.25, 0.3) is 11.7 Å². The van der Waals surface area contributed by atoms with E-state index in [2.05, 4.69) is 4.98 Å². The summed E-state index contributed by atoms with van der Waals surface area (Å²) in [6.07, 6.45) is 6.10. The van der Waals surface area contributed by atoms with E-state index < -0.39 is 10.9 Å². The lowest BCUT2D eigenvalue weighted by atomic mass is 10.2. The summed E-state index contributed by atoms with van der Waals surface area (Å²) in [5, 5.41) is 11.3. The highest BCUT2D eigenvalue weighted by molar-refractivity contribution is 6.30. The number of non-ortho nitro benzene ring substituents is 1. The van der Waals surface area contributed by atoms with Gasteiger partial charge >= 0.3 is 5.97 Å². The molecule has 0 aliphatic rings. The Balaban J connectivity index is 1.62. The fraction of sp³-hybridized carbons (Fsp3) is 0.0588. The first-order valence-electron chi connectivity index (χ1n) is 7.24. The molecule has 1 aromatic carbocycles. The molecule has 25 heavy (non-hydrogen) atoms. The quantitative estimate of drug-likeness (QED) is 0.301. The number of imidazole rings is 1. The standard InChI is InChI=1S/C17H12ClN3O4/c18-13-5-6-16-19-14(10-20(16)9-13)11-25-17(22)7-4-12-2-1-3-15(8-12)21(23)24/h1-10H,11H2/b7-4+. The van der Waals surface area contributed by atoms with Crippen LogP contribution in [0.1, 0.15) is 11.3 Å². The van der Waals surface area contributed by atoms with Gasteiger partial charge in [0.05, 0.1) is 15.6 Å². The van der Waals surface area contributed by atoms with Crippen LogP contribution in [-0.4, -0.2) is 20.3 Å². The summed E-state index contributed by atoms with van der Waals surface area (Å²) in [7, 11) is 0. The summed E-state index contributed by atoms with van der Waals surface area (Å²) in [6, 6.07) is 9.44. The number of nitro benzene ring substituents is 1. The lowest BCUT2D eigenvalue weighted by Crippen LogP contribution is -2.00. The zero-order chi connectivity index (χ0) is 17.8. The third-order valence-electron chi connectivity index (χ3n) is 3.32. The molecule has 2 heterocycles. The first kappa shape index (κ1) is 16.7. The van der Waals surface area contributed by atoms with E-state index in [0.29, 0.717) is 21.9 Å². The maximum Gasteiger partial charge on any atom is 0.331 e. The molecule has 0 N–H and O–H groups in total. The van der Waals surface area contributed by atoms with E-state index in [4.69, 9.17) is 16.3 Å². The Morgan fingerprint density at radius 1 is 1.32 bits per heavy atom. The molecular formula is C17H12ClN3O4. The SMILES string of the molecule is O=C(/C=C/c1cccc([N+](=O)[O-])c1)OCc1cn2cc(Cl)ccc2n1. The number of benzene rings is 1. The lowest BCUT2D eigenvalue weighted by Gasteiger charge is -1.98. The van der Waals surface area contributed by atoms with E-state index in [1.165, 1.54) is 24.3 Å². The molecule has 8 heteroatoms. The van der Waals surface area contributed by atoms with Gasteiger partial charge in [0, 0.05) is 30.6 Å². The highest BCUT2D eigenvalue weighted by Gasteiger charge is 2.06. The van der Waals surface area contributed by atoms with Gasteiger partial charge in [-0.25, -0.2) is 9.78 Å². The van der Waals surface area contributed by atoms with Crippen molar-refractivity contribution in [2.45, 2.75) is 6.61 Å². The van der Waals surface area contributed by atoms with Gasteiger partial charge in [0.1, 0.15) is 12.3 Å². The van der Waals surface area contributed by atoms with Crippen LogP contribution in [0.15, 0.2) is 54.9 Å². The number of esters is 1. The number of pyridine rings is 1. The highest BCUT2D eigenvalue weighted by atomic mass is 35.5. The predicted molar refractivity (Wildman–Crippen MR) is 92.1 cm³/mol. The number of ether oxygens (including phenoxy) is 1. The number of aromatic nitrogens is 2. The van der Waals surface area contributed by atoms with Gasteiger partial charge in [0.25, 0.3) is 5.69 Å². The van der Waals surface area contributed by atoms with Gasteiger partial charge in [-0.05, 0) is 23.8 Å². The van der Waals surface area contributed by atoms with Crippen molar-refractivity contribution in [3.05, 3.63) is 81.3 Å². The van der Waals surface area contributed by atoms with E-state index in [0.717, 1.165) is 0 Å². The highest BCUT2D eigenvalue weighted by Crippen LogP contribution is 2.15. The first-order chi connectivity index (χ1) is 12.0. The zero-order valence-electron chi connectivity index (χ0n) is 12.8. The molecule has 0 unspecified atom stereocenters. The van der Waals surface area contributed by atoms with E-state index in [1.807, 2.05) is 0 Å². The van der Waals surface area contributed by atoms with Crippen molar-refractivity contribution in [3.63, 3.8) is 0 Å². The molecule has 0 fully saturated rings. The maximum atomic E-state index is 11.8. The number of carbonyl (C=O) groups excluding carboxylic acids is 1. The Kier molecular flexibility index (Phi) is 4.76. The van der Waals surface area contributed by atoms with Crippen molar-refractivity contribution in [1.29, 1.82) is 0 Å². The fourth-order valence-corrected chi connectivity index (χ4v) is 2.35. The third kappa shape index (κ3) is 4.21. The fourth-order valence-electron chi connectivity index (χ4n) is 2.19. The van der Waals surface area contributed by atoms with Crippen LogP contribution >= 0.6 is 11.6 Å². The molecule has 0 bridgehead atoms. The van der Waals surface area contributed by atoms with Crippen molar-refractivity contribution in [1.82, 2.24) is 9.38 Å². The van der Waals surface area contributed by atoms with Gasteiger partial charge in [0.2, 0.25) is 0 Å². The molecule has 3 aromatic rings. The second-order valence-corrected chi connectivity index (χ2v) is 5.57. The molecule has 2 aromatic heterocycles. The Morgan fingerprint density at radius 2 is 2.16 bits per heavy atom. The normalized spacial score (nSPS) is 11.1. The summed E-state index contributed by atoms with van der Waals surface area (Å²) in [5.74, 6) is -0.568. The van der Waals surface area contributed by atoms with Crippen LogP contribution < -0.4 is 0 Å². The first-order valence-corrected chi connectivity index (χ1v) is 7.61. The number of carbonyl (C=O) groups is 1. The molecule has 0 aliphatic heterocycles. The molecule has 0 radical (unpaired) electrons. The van der Waals surface area contributed by atoms with Crippen molar-refractivity contribution in [2.24, 2.45) is 0 Å². The van der Waals surface area contributed by atoms with Crippen molar-refractivity contribution in [3.8, 4) is 0 Å². The summed E-state index contributed by atoms with van der Waals surface area (Å²) in [6.45, 7) is 0.0113. The largest absolute Gasteiger partial charge is 0.456 e. The second-order valence-electron chi connectivity index (χ2n) is 5.14. The molecule has 0 saturated carbocycles. The molecule has 3 rings (SSSR count). The number of hydrogen-bond acceptors (Lipinski definition) is 5. The topological polar surface area (TPSA) is 86.7 Å². The molecular weight excluding hydrogens is 346 g/mol. The van der Waals surface area contributed by atoms with Crippen molar-refractivity contribution >= 4 is 35.0 Å². The Bertz CT molecular complexity index is 981. The maximum absolute atomic E-state index is 11.8. The third-order valence-corrected chi connectivity index (χ3v) is 3.54. The van der Waals surface area contributed by atoms with Crippen LogP contribution in [0.5, 0.6) is 0 Å². The number of hydrogen-bond donors (Lipinski definition) is 0. The number of halogens is 1. The predicted octanol–water partition coefficient (Wildman–Crippen LogP) is 3.65. The molecule has 0 aliphatic carbocycles. The van der Waals surface area contributed by atoms with Crippen LogP contribution in [0.2, 0.25) is 5.02 Å². The number of fused-ring (bicyclic) bond motifs is 1. The smallest absolute Gasteiger partial charge is 0.331 e. The van der Waals surface area contributed by atoms with Crippen LogP contribution in [-0.2, 0) is 16.1 Å².